The van der Waals surface area contributed by atoms with Crippen molar-refractivity contribution in [3.8, 4) is 0 Å². The van der Waals surface area contributed by atoms with Crippen LogP contribution in [0.4, 0.5) is 11.4 Å². The van der Waals surface area contributed by atoms with Gasteiger partial charge in [0, 0.05) is 24.7 Å². The SMILES string of the molecule is NNc1ccc([N+](=O)[O-])c(C(=O)NCCc2ccco2)c1. The van der Waals surface area contributed by atoms with E-state index in [0.29, 0.717) is 18.7 Å². The van der Waals surface area contributed by atoms with Gasteiger partial charge in [-0.05, 0) is 24.3 Å². The molecule has 110 valence electrons. The fourth-order valence-corrected chi connectivity index (χ4v) is 1.82. The Morgan fingerprint density at radius 1 is 1.38 bits per heavy atom. The van der Waals surface area contributed by atoms with Gasteiger partial charge in [-0.3, -0.25) is 20.8 Å². The minimum atomic E-state index is -0.609. The van der Waals surface area contributed by atoms with Crippen LogP contribution in [0.5, 0.6) is 0 Å². The lowest BCUT2D eigenvalue weighted by molar-refractivity contribution is -0.385. The van der Waals surface area contributed by atoms with E-state index in [-0.39, 0.29) is 11.3 Å². The van der Waals surface area contributed by atoms with E-state index in [4.69, 9.17) is 10.3 Å². The molecule has 0 radical (unpaired) electrons. The second-order valence-electron chi connectivity index (χ2n) is 4.22. The summed E-state index contributed by atoms with van der Waals surface area (Å²) in [5.74, 6) is 5.43. The largest absolute Gasteiger partial charge is 0.469 e. The van der Waals surface area contributed by atoms with Crippen LogP contribution in [0.3, 0.4) is 0 Å². The van der Waals surface area contributed by atoms with Crippen LogP contribution in [0.2, 0.25) is 0 Å². The van der Waals surface area contributed by atoms with E-state index in [1.807, 2.05) is 0 Å². The van der Waals surface area contributed by atoms with Crippen molar-refractivity contribution in [1.29, 1.82) is 0 Å². The lowest BCUT2D eigenvalue weighted by Crippen LogP contribution is -2.26. The van der Waals surface area contributed by atoms with Crippen molar-refractivity contribution < 1.29 is 14.1 Å². The molecule has 1 aromatic heterocycles. The van der Waals surface area contributed by atoms with Crippen LogP contribution in [0.25, 0.3) is 0 Å². The molecule has 0 bridgehead atoms. The third kappa shape index (κ3) is 3.57. The molecule has 0 saturated heterocycles. The number of nitrogen functional groups attached to an aromatic ring is 1. The molecule has 0 saturated carbocycles. The van der Waals surface area contributed by atoms with Crippen LogP contribution in [0, 0.1) is 10.1 Å². The van der Waals surface area contributed by atoms with E-state index in [2.05, 4.69) is 10.7 Å². The quantitative estimate of drug-likeness (QED) is 0.420. The Morgan fingerprint density at radius 3 is 2.81 bits per heavy atom. The smallest absolute Gasteiger partial charge is 0.282 e. The van der Waals surface area contributed by atoms with Gasteiger partial charge in [0.25, 0.3) is 11.6 Å². The van der Waals surface area contributed by atoms with Gasteiger partial charge >= 0.3 is 0 Å². The highest BCUT2D eigenvalue weighted by Gasteiger charge is 2.20. The normalized spacial score (nSPS) is 10.1. The number of nitrogens with zero attached hydrogens (tertiary/aromatic N) is 1. The van der Waals surface area contributed by atoms with Crippen molar-refractivity contribution >= 4 is 17.3 Å². The molecule has 21 heavy (non-hydrogen) atoms. The molecule has 4 N–H and O–H groups in total. The Kier molecular flexibility index (Phi) is 4.52. The summed E-state index contributed by atoms with van der Waals surface area (Å²) in [7, 11) is 0. The lowest BCUT2D eigenvalue weighted by Gasteiger charge is -2.07. The van der Waals surface area contributed by atoms with Crippen molar-refractivity contribution in [2.45, 2.75) is 6.42 Å². The fraction of sp³-hybridized carbons (Fsp3) is 0.154. The highest BCUT2D eigenvalue weighted by atomic mass is 16.6. The maximum atomic E-state index is 12.1. The van der Waals surface area contributed by atoms with Crippen LogP contribution in [-0.4, -0.2) is 17.4 Å². The van der Waals surface area contributed by atoms with Gasteiger partial charge in [-0.25, -0.2) is 0 Å². The number of amides is 1. The average molecular weight is 290 g/mol. The molecule has 0 unspecified atom stereocenters. The van der Waals surface area contributed by atoms with Crippen molar-refractivity contribution in [2.24, 2.45) is 5.84 Å². The van der Waals surface area contributed by atoms with Gasteiger partial charge in [-0.15, -0.1) is 0 Å². The summed E-state index contributed by atoms with van der Waals surface area (Å²) in [6, 6.07) is 7.53. The summed E-state index contributed by atoms with van der Waals surface area (Å²) in [4.78, 5) is 22.4. The molecule has 0 spiro atoms. The standard InChI is InChI=1S/C13H14N4O4/c14-16-9-3-4-12(17(19)20)11(8-9)13(18)15-6-5-10-2-1-7-21-10/h1-4,7-8,16H,5-6,14H2,(H,15,18). The van der Waals surface area contributed by atoms with E-state index in [1.54, 1.807) is 18.4 Å². The number of carbonyl (C=O) groups excluding carboxylic acids is 1. The average Bonchev–Trinajstić information content (AvgIpc) is 2.99. The van der Waals surface area contributed by atoms with E-state index >= 15 is 0 Å². The molecule has 8 heteroatoms. The summed E-state index contributed by atoms with van der Waals surface area (Å²) in [5.41, 5.74) is 2.44. The minimum Gasteiger partial charge on any atom is -0.469 e. The molecular formula is C13H14N4O4. The molecule has 8 nitrogen and oxygen atoms in total. The number of furan rings is 1. The number of anilines is 1. The molecule has 0 atom stereocenters. The zero-order chi connectivity index (χ0) is 15.2. The Hall–Kier alpha value is -2.87. The number of hydrogen-bond acceptors (Lipinski definition) is 6. The molecule has 0 aliphatic heterocycles. The van der Waals surface area contributed by atoms with Gasteiger partial charge in [0.1, 0.15) is 11.3 Å². The van der Waals surface area contributed by atoms with Crippen LogP contribution in [-0.2, 0) is 6.42 Å². The summed E-state index contributed by atoms with van der Waals surface area (Å²) in [6.45, 7) is 0.309. The van der Waals surface area contributed by atoms with Crippen molar-refractivity contribution in [3.05, 3.63) is 58.0 Å². The van der Waals surface area contributed by atoms with E-state index in [1.165, 1.54) is 18.2 Å². The number of rotatable bonds is 6. The monoisotopic (exact) mass is 290 g/mol. The van der Waals surface area contributed by atoms with E-state index < -0.39 is 10.8 Å². The molecule has 1 heterocycles. The molecular weight excluding hydrogens is 276 g/mol. The first-order valence-corrected chi connectivity index (χ1v) is 6.17. The fourth-order valence-electron chi connectivity index (χ4n) is 1.82. The first kappa shape index (κ1) is 14.5. The van der Waals surface area contributed by atoms with Gasteiger partial charge in [0.15, 0.2) is 0 Å². The molecule has 0 aliphatic rings. The van der Waals surface area contributed by atoms with Crippen molar-refractivity contribution in [1.82, 2.24) is 5.32 Å². The van der Waals surface area contributed by atoms with Gasteiger partial charge < -0.3 is 15.2 Å². The molecule has 0 fully saturated rings. The van der Waals surface area contributed by atoms with Crippen molar-refractivity contribution in [3.63, 3.8) is 0 Å². The zero-order valence-corrected chi connectivity index (χ0v) is 11.0. The summed E-state index contributed by atoms with van der Waals surface area (Å²) >= 11 is 0. The molecule has 0 aliphatic carbocycles. The van der Waals surface area contributed by atoms with Gasteiger partial charge in [-0.1, -0.05) is 0 Å². The van der Waals surface area contributed by atoms with E-state index in [0.717, 1.165) is 5.76 Å². The summed E-state index contributed by atoms with van der Waals surface area (Å²) in [5, 5.41) is 13.6. The number of hydrogen-bond donors (Lipinski definition) is 3. The zero-order valence-electron chi connectivity index (χ0n) is 11.0. The number of benzene rings is 1. The van der Waals surface area contributed by atoms with Gasteiger partial charge in [0.05, 0.1) is 11.2 Å². The molecule has 2 rings (SSSR count). The number of nitrogens with two attached hydrogens (primary N) is 1. The molecule has 1 amide bonds. The van der Waals surface area contributed by atoms with Crippen LogP contribution < -0.4 is 16.6 Å². The third-order valence-electron chi connectivity index (χ3n) is 2.84. The first-order chi connectivity index (χ1) is 10.1. The molecule has 1 aromatic carbocycles. The van der Waals surface area contributed by atoms with Crippen molar-refractivity contribution in [2.75, 3.05) is 12.0 Å². The topological polar surface area (TPSA) is 123 Å². The highest BCUT2D eigenvalue weighted by Crippen LogP contribution is 2.22. The van der Waals surface area contributed by atoms with Gasteiger partial charge in [-0.2, -0.15) is 0 Å². The Balaban J connectivity index is 2.08. The van der Waals surface area contributed by atoms with Crippen LogP contribution in [0.1, 0.15) is 16.1 Å². The number of nitro groups is 1. The minimum absolute atomic E-state index is 0.0464. The van der Waals surface area contributed by atoms with E-state index in [9.17, 15) is 14.9 Å². The second-order valence-corrected chi connectivity index (χ2v) is 4.22. The van der Waals surface area contributed by atoms with Crippen LogP contribution >= 0.6 is 0 Å². The van der Waals surface area contributed by atoms with Gasteiger partial charge in [0.2, 0.25) is 0 Å². The summed E-state index contributed by atoms with van der Waals surface area (Å²) in [6.07, 6.45) is 2.04. The first-order valence-electron chi connectivity index (χ1n) is 6.17. The number of nitro benzene ring substituents is 1. The number of carbonyl (C=O) groups is 1. The second kappa shape index (κ2) is 6.53. The predicted molar refractivity (Wildman–Crippen MR) is 75.7 cm³/mol. The maximum absolute atomic E-state index is 12.1. The Bertz CT molecular complexity index is 640. The Morgan fingerprint density at radius 2 is 2.19 bits per heavy atom. The number of hydrazine groups is 1. The summed E-state index contributed by atoms with van der Waals surface area (Å²) < 4.78 is 5.13. The lowest BCUT2D eigenvalue weighted by atomic mass is 10.1. The Labute approximate surface area is 120 Å². The predicted octanol–water partition coefficient (Wildman–Crippen LogP) is 1.45. The molecule has 2 aromatic rings. The third-order valence-corrected chi connectivity index (χ3v) is 2.84. The maximum Gasteiger partial charge on any atom is 0.282 e. The number of nitrogens with one attached hydrogen (secondary N) is 2. The van der Waals surface area contributed by atoms with Crippen LogP contribution in [0.15, 0.2) is 41.0 Å². The highest BCUT2D eigenvalue weighted by molar-refractivity contribution is 5.99.